The first-order valence-electron chi connectivity index (χ1n) is 9.10. The lowest BCUT2D eigenvalue weighted by Crippen LogP contribution is -2.40. The fourth-order valence-corrected chi connectivity index (χ4v) is 2.92. The van der Waals surface area contributed by atoms with Gasteiger partial charge in [0, 0.05) is 11.3 Å². The average Bonchev–Trinajstić information content (AvgIpc) is 2.62. The molecule has 0 aromatic heterocycles. The van der Waals surface area contributed by atoms with Gasteiger partial charge < -0.3 is 15.4 Å². The first-order chi connectivity index (χ1) is 13.2. The first-order valence-corrected chi connectivity index (χ1v) is 9.10. The molecule has 2 N–H and O–H groups in total. The van der Waals surface area contributed by atoms with Crippen molar-refractivity contribution in [3.05, 3.63) is 58.7 Å². The summed E-state index contributed by atoms with van der Waals surface area (Å²) in [6.07, 6.45) is -0.808. The molecular formula is C22H26N2O4. The van der Waals surface area contributed by atoms with Crippen LogP contribution in [0.3, 0.4) is 0 Å². The number of benzene rings is 2. The van der Waals surface area contributed by atoms with Crippen LogP contribution in [-0.4, -0.2) is 30.2 Å². The van der Waals surface area contributed by atoms with Crippen molar-refractivity contribution < 1.29 is 19.1 Å². The minimum absolute atomic E-state index is 0.0825. The summed E-state index contributed by atoms with van der Waals surface area (Å²) in [6, 6.07) is 10.6. The fourth-order valence-electron chi connectivity index (χ4n) is 2.92. The zero-order valence-corrected chi connectivity index (χ0v) is 16.9. The number of carbonyl (C=O) groups is 3. The molecule has 28 heavy (non-hydrogen) atoms. The maximum atomic E-state index is 12.2. The van der Waals surface area contributed by atoms with E-state index in [1.807, 2.05) is 32.9 Å². The van der Waals surface area contributed by atoms with Crippen molar-refractivity contribution in [1.29, 1.82) is 0 Å². The second-order valence-electron chi connectivity index (χ2n) is 6.88. The average molecular weight is 382 g/mol. The molecule has 1 unspecified atom stereocenters. The molecule has 0 spiro atoms. The molecule has 0 radical (unpaired) electrons. The van der Waals surface area contributed by atoms with Crippen LogP contribution in [0.2, 0.25) is 0 Å². The molecule has 0 aliphatic heterocycles. The third kappa shape index (κ3) is 5.67. The van der Waals surface area contributed by atoms with Crippen LogP contribution >= 0.6 is 0 Å². The van der Waals surface area contributed by atoms with Gasteiger partial charge in [-0.05, 0) is 57.9 Å². The maximum Gasteiger partial charge on any atom is 0.261 e. The Balaban J connectivity index is 1.90. The molecule has 2 amide bonds. The molecule has 0 heterocycles. The third-order valence-electron chi connectivity index (χ3n) is 4.29. The van der Waals surface area contributed by atoms with Crippen molar-refractivity contribution in [3.8, 4) is 5.75 Å². The number of anilines is 1. The van der Waals surface area contributed by atoms with E-state index in [2.05, 4.69) is 10.6 Å². The second-order valence-corrected chi connectivity index (χ2v) is 6.88. The number of aryl methyl sites for hydroxylation is 3. The molecule has 0 saturated carbocycles. The van der Waals surface area contributed by atoms with E-state index in [-0.39, 0.29) is 18.2 Å². The van der Waals surface area contributed by atoms with Crippen molar-refractivity contribution in [3.63, 3.8) is 0 Å². The minimum Gasteiger partial charge on any atom is -0.481 e. The van der Waals surface area contributed by atoms with Gasteiger partial charge in [-0.15, -0.1) is 0 Å². The van der Waals surface area contributed by atoms with Crippen molar-refractivity contribution >= 4 is 23.3 Å². The topological polar surface area (TPSA) is 84.5 Å². The van der Waals surface area contributed by atoms with Gasteiger partial charge in [0.05, 0.1) is 6.54 Å². The van der Waals surface area contributed by atoms with Crippen molar-refractivity contribution in [1.82, 2.24) is 5.32 Å². The van der Waals surface area contributed by atoms with E-state index < -0.39 is 12.0 Å². The molecule has 148 valence electrons. The number of nitrogens with one attached hydrogen (secondary N) is 2. The maximum absolute atomic E-state index is 12.2. The van der Waals surface area contributed by atoms with E-state index in [9.17, 15) is 14.4 Å². The lowest BCUT2D eigenvalue weighted by Gasteiger charge is -2.16. The molecule has 6 heteroatoms. The quantitative estimate of drug-likeness (QED) is 0.720. The van der Waals surface area contributed by atoms with Crippen LogP contribution in [0.1, 0.15) is 40.9 Å². The summed E-state index contributed by atoms with van der Waals surface area (Å²) in [5.74, 6) is -0.387. The van der Waals surface area contributed by atoms with Crippen LogP contribution in [-0.2, 0) is 9.59 Å². The number of hydrogen-bond donors (Lipinski definition) is 2. The Hall–Kier alpha value is -3.15. The normalized spacial score (nSPS) is 11.5. The monoisotopic (exact) mass is 382 g/mol. The largest absolute Gasteiger partial charge is 0.481 e. The molecule has 1 atom stereocenters. The molecule has 0 aliphatic rings. The summed E-state index contributed by atoms with van der Waals surface area (Å²) in [5, 5.41) is 5.41. The SMILES string of the molecule is CC(=O)c1cccc(OC(C)C(=O)NCC(=O)Nc2c(C)cc(C)cc2C)c1. The summed E-state index contributed by atoms with van der Waals surface area (Å²) in [6.45, 7) is 8.75. The van der Waals surface area contributed by atoms with Crippen molar-refractivity contribution in [2.24, 2.45) is 0 Å². The van der Waals surface area contributed by atoms with Crippen LogP contribution in [0.4, 0.5) is 5.69 Å². The zero-order chi connectivity index (χ0) is 20.8. The first kappa shape index (κ1) is 21.2. The molecule has 6 nitrogen and oxygen atoms in total. The molecule has 2 aromatic carbocycles. The van der Waals surface area contributed by atoms with Crippen molar-refractivity contribution in [2.75, 3.05) is 11.9 Å². The smallest absolute Gasteiger partial charge is 0.261 e. The van der Waals surface area contributed by atoms with Gasteiger partial charge in [0.1, 0.15) is 5.75 Å². The Bertz CT molecular complexity index is 882. The Kier molecular flexibility index (Phi) is 6.93. The van der Waals surface area contributed by atoms with Crippen molar-refractivity contribution in [2.45, 2.75) is 40.7 Å². The van der Waals surface area contributed by atoms with Gasteiger partial charge in [0.15, 0.2) is 11.9 Å². The lowest BCUT2D eigenvalue weighted by atomic mass is 10.1. The van der Waals surface area contributed by atoms with Crippen LogP contribution in [0.15, 0.2) is 36.4 Å². The fraction of sp³-hybridized carbons (Fsp3) is 0.318. The van der Waals surface area contributed by atoms with E-state index >= 15 is 0 Å². The molecule has 0 fully saturated rings. The molecular weight excluding hydrogens is 356 g/mol. The highest BCUT2D eigenvalue weighted by Gasteiger charge is 2.17. The van der Waals surface area contributed by atoms with E-state index in [4.69, 9.17) is 4.74 Å². The van der Waals surface area contributed by atoms with Gasteiger partial charge in [-0.25, -0.2) is 0 Å². The highest BCUT2D eigenvalue weighted by atomic mass is 16.5. The predicted molar refractivity (Wildman–Crippen MR) is 109 cm³/mol. The standard InChI is InChI=1S/C22H26N2O4/c1-13-9-14(2)21(15(3)10-13)24-20(26)12-23-22(27)17(5)28-19-8-6-7-18(11-19)16(4)25/h6-11,17H,12H2,1-5H3,(H,23,27)(H,24,26). The Labute approximate surface area is 165 Å². The summed E-state index contributed by atoms with van der Waals surface area (Å²) in [7, 11) is 0. The summed E-state index contributed by atoms with van der Waals surface area (Å²) in [4.78, 5) is 35.9. The third-order valence-corrected chi connectivity index (χ3v) is 4.29. The molecule has 0 aliphatic carbocycles. The van der Waals surface area contributed by atoms with Gasteiger partial charge in [-0.3, -0.25) is 14.4 Å². The van der Waals surface area contributed by atoms with Gasteiger partial charge in [0.25, 0.3) is 5.91 Å². The minimum atomic E-state index is -0.808. The zero-order valence-electron chi connectivity index (χ0n) is 16.9. The molecule has 2 rings (SSSR count). The summed E-state index contributed by atoms with van der Waals surface area (Å²) < 4.78 is 5.57. The Morgan fingerprint density at radius 3 is 2.29 bits per heavy atom. The van der Waals surface area contributed by atoms with E-state index in [1.54, 1.807) is 31.2 Å². The van der Waals surface area contributed by atoms with Crippen LogP contribution in [0.5, 0.6) is 5.75 Å². The van der Waals surface area contributed by atoms with E-state index in [0.717, 1.165) is 22.4 Å². The van der Waals surface area contributed by atoms with Crippen LogP contribution in [0, 0.1) is 20.8 Å². The number of ether oxygens (including phenoxy) is 1. The van der Waals surface area contributed by atoms with Gasteiger partial charge in [-0.1, -0.05) is 29.8 Å². The van der Waals surface area contributed by atoms with Gasteiger partial charge >= 0.3 is 0 Å². The molecule has 0 saturated heterocycles. The van der Waals surface area contributed by atoms with Crippen LogP contribution < -0.4 is 15.4 Å². The number of carbonyl (C=O) groups excluding carboxylic acids is 3. The molecule has 2 aromatic rings. The number of Topliss-reactive ketones (excluding diaryl/α,β-unsaturated/α-hetero) is 1. The highest BCUT2D eigenvalue weighted by Crippen LogP contribution is 2.21. The number of amides is 2. The summed E-state index contributed by atoms with van der Waals surface area (Å²) >= 11 is 0. The van der Waals surface area contributed by atoms with Gasteiger partial charge in [-0.2, -0.15) is 0 Å². The predicted octanol–water partition coefficient (Wildman–Crippen LogP) is 3.34. The Morgan fingerprint density at radius 1 is 1.04 bits per heavy atom. The van der Waals surface area contributed by atoms with Gasteiger partial charge in [0.2, 0.25) is 5.91 Å². The van der Waals surface area contributed by atoms with E-state index in [0.29, 0.717) is 11.3 Å². The summed E-state index contributed by atoms with van der Waals surface area (Å²) in [5.41, 5.74) is 4.34. The lowest BCUT2D eigenvalue weighted by molar-refractivity contribution is -0.129. The van der Waals surface area contributed by atoms with Crippen LogP contribution in [0.25, 0.3) is 0 Å². The second kappa shape index (κ2) is 9.17. The highest BCUT2D eigenvalue weighted by molar-refractivity contribution is 5.96. The van der Waals surface area contributed by atoms with E-state index in [1.165, 1.54) is 6.92 Å². The molecule has 0 bridgehead atoms. The Morgan fingerprint density at radius 2 is 1.68 bits per heavy atom. The number of ketones is 1. The number of hydrogen-bond acceptors (Lipinski definition) is 4. The number of rotatable bonds is 7.